The number of methoxy groups -OCH3 is 1. The van der Waals surface area contributed by atoms with Crippen LogP contribution in [0.25, 0.3) is 0 Å². The number of carbonyl (C=O) groups is 2. The molecule has 0 aliphatic heterocycles. The van der Waals surface area contributed by atoms with Gasteiger partial charge in [-0.15, -0.1) is 6.58 Å². The molecule has 4 nitrogen and oxygen atoms in total. The second-order valence-corrected chi connectivity index (χ2v) is 4.76. The van der Waals surface area contributed by atoms with Gasteiger partial charge >= 0.3 is 5.97 Å². The Labute approximate surface area is 116 Å². The van der Waals surface area contributed by atoms with Gasteiger partial charge in [0.25, 0.3) is 0 Å². The van der Waals surface area contributed by atoms with Gasteiger partial charge in [0.15, 0.2) is 0 Å². The molecule has 0 N–H and O–H groups in total. The lowest BCUT2D eigenvalue weighted by molar-refractivity contribution is -0.153. The molecule has 1 amide bonds. The summed E-state index contributed by atoms with van der Waals surface area (Å²) < 4.78 is 4.75. The Bertz CT molecular complexity index is 302. The summed E-state index contributed by atoms with van der Waals surface area (Å²) in [5.74, 6) is -0.379. The van der Waals surface area contributed by atoms with Crippen molar-refractivity contribution < 1.29 is 14.3 Å². The first kappa shape index (κ1) is 17.7. The molecule has 1 unspecified atom stereocenters. The lowest BCUT2D eigenvalue weighted by Crippen LogP contribution is -2.45. The van der Waals surface area contributed by atoms with Gasteiger partial charge in [-0.2, -0.15) is 0 Å². The van der Waals surface area contributed by atoms with Gasteiger partial charge in [0.1, 0.15) is 6.04 Å². The van der Waals surface area contributed by atoms with Crippen LogP contribution in [-0.2, 0) is 14.3 Å². The Morgan fingerprint density at radius 1 is 1.37 bits per heavy atom. The topological polar surface area (TPSA) is 46.6 Å². The van der Waals surface area contributed by atoms with Crippen molar-refractivity contribution in [2.75, 3.05) is 14.2 Å². The second-order valence-electron chi connectivity index (χ2n) is 4.76. The molecule has 110 valence electrons. The summed E-state index contributed by atoms with van der Waals surface area (Å²) in [5, 5.41) is 0. The largest absolute Gasteiger partial charge is 0.467 e. The van der Waals surface area contributed by atoms with Gasteiger partial charge in [-0.1, -0.05) is 32.8 Å². The summed E-state index contributed by atoms with van der Waals surface area (Å²) in [5.41, 5.74) is 0. The van der Waals surface area contributed by atoms with Crippen LogP contribution >= 0.6 is 0 Å². The molecule has 0 bridgehead atoms. The number of hydrogen-bond donors (Lipinski definition) is 0. The van der Waals surface area contributed by atoms with E-state index in [0.29, 0.717) is 6.42 Å². The van der Waals surface area contributed by atoms with Crippen molar-refractivity contribution in [3.8, 4) is 0 Å². The summed E-state index contributed by atoms with van der Waals surface area (Å²) in [6.07, 6.45) is 5.82. The minimum Gasteiger partial charge on any atom is -0.467 e. The standard InChI is InChI=1S/C15H27NO3/c1-6-9-11-12(8-3)14(17)16(4)13(10-7-2)15(18)19-5/h7,12-13H,2,6,8-11H2,1,3-5H3/t12?,13-/m0/s1. The van der Waals surface area contributed by atoms with Crippen molar-refractivity contribution in [3.63, 3.8) is 0 Å². The first-order valence-corrected chi connectivity index (χ1v) is 6.98. The van der Waals surface area contributed by atoms with Crippen LogP contribution in [0.3, 0.4) is 0 Å². The number of likely N-dealkylation sites (N-methyl/N-ethyl adjacent to an activating group) is 1. The zero-order valence-corrected chi connectivity index (χ0v) is 12.6. The van der Waals surface area contributed by atoms with E-state index in [4.69, 9.17) is 4.74 Å². The molecule has 0 aromatic heterocycles. The molecule has 0 fully saturated rings. The highest BCUT2D eigenvalue weighted by Crippen LogP contribution is 2.18. The van der Waals surface area contributed by atoms with Gasteiger partial charge in [-0.25, -0.2) is 4.79 Å². The zero-order chi connectivity index (χ0) is 14.8. The molecule has 0 heterocycles. The summed E-state index contributed by atoms with van der Waals surface area (Å²) in [6.45, 7) is 7.74. The van der Waals surface area contributed by atoms with Gasteiger partial charge in [-0.05, 0) is 19.3 Å². The molecule has 0 aliphatic carbocycles. The molecule has 0 rings (SSSR count). The molecule has 0 aromatic carbocycles. The Morgan fingerprint density at radius 3 is 2.42 bits per heavy atom. The first-order chi connectivity index (χ1) is 9.03. The highest BCUT2D eigenvalue weighted by atomic mass is 16.5. The Balaban J connectivity index is 4.80. The predicted octanol–water partition coefficient (Wildman–Crippen LogP) is 2.78. The third-order valence-electron chi connectivity index (χ3n) is 3.43. The van der Waals surface area contributed by atoms with E-state index in [1.54, 1.807) is 13.1 Å². The number of hydrogen-bond acceptors (Lipinski definition) is 3. The monoisotopic (exact) mass is 269 g/mol. The molecule has 0 saturated carbocycles. The highest BCUT2D eigenvalue weighted by molar-refractivity contribution is 5.85. The lowest BCUT2D eigenvalue weighted by atomic mass is 9.97. The SMILES string of the molecule is C=CC[C@@H](C(=O)OC)N(C)C(=O)C(CC)CCCC. The fraction of sp³-hybridized carbons (Fsp3) is 0.733. The van der Waals surface area contributed by atoms with Crippen LogP contribution in [0.2, 0.25) is 0 Å². The van der Waals surface area contributed by atoms with Gasteiger partial charge in [-0.3, -0.25) is 4.79 Å². The third kappa shape index (κ3) is 5.45. The minimum absolute atomic E-state index is 0.0121. The fourth-order valence-corrected chi connectivity index (χ4v) is 2.10. The normalized spacial score (nSPS) is 13.5. The van der Waals surface area contributed by atoms with Gasteiger partial charge < -0.3 is 9.64 Å². The van der Waals surface area contributed by atoms with E-state index in [-0.39, 0.29) is 17.8 Å². The summed E-state index contributed by atoms with van der Waals surface area (Å²) in [6, 6.07) is -0.564. The third-order valence-corrected chi connectivity index (χ3v) is 3.43. The van der Waals surface area contributed by atoms with Crippen molar-refractivity contribution in [1.29, 1.82) is 0 Å². The van der Waals surface area contributed by atoms with Crippen molar-refractivity contribution in [2.45, 2.75) is 52.0 Å². The number of rotatable bonds is 9. The molecule has 4 heteroatoms. The fourth-order valence-electron chi connectivity index (χ4n) is 2.10. The average Bonchev–Trinajstić information content (AvgIpc) is 2.43. The average molecular weight is 269 g/mol. The maximum Gasteiger partial charge on any atom is 0.328 e. The lowest BCUT2D eigenvalue weighted by Gasteiger charge is -2.28. The molecular formula is C15H27NO3. The first-order valence-electron chi connectivity index (χ1n) is 6.98. The van der Waals surface area contributed by atoms with Crippen LogP contribution in [-0.4, -0.2) is 37.0 Å². The van der Waals surface area contributed by atoms with E-state index in [2.05, 4.69) is 13.5 Å². The van der Waals surface area contributed by atoms with Crippen LogP contribution in [0, 0.1) is 5.92 Å². The van der Waals surface area contributed by atoms with Crippen molar-refractivity contribution >= 4 is 11.9 Å². The number of unbranched alkanes of at least 4 members (excludes halogenated alkanes) is 1. The van der Waals surface area contributed by atoms with Crippen molar-refractivity contribution in [2.24, 2.45) is 5.92 Å². The number of esters is 1. The molecule has 0 aliphatic rings. The summed E-state index contributed by atoms with van der Waals surface area (Å²) in [7, 11) is 3.01. The van der Waals surface area contributed by atoms with Gasteiger partial charge in [0.05, 0.1) is 7.11 Å². The molecule has 0 radical (unpaired) electrons. The van der Waals surface area contributed by atoms with Crippen LogP contribution in [0.4, 0.5) is 0 Å². The molecule has 0 saturated heterocycles. The highest BCUT2D eigenvalue weighted by Gasteiger charge is 2.29. The summed E-state index contributed by atoms with van der Waals surface area (Å²) in [4.78, 5) is 25.6. The van der Waals surface area contributed by atoms with Crippen LogP contribution in [0.15, 0.2) is 12.7 Å². The predicted molar refractivity (Wildman–Crippen MR) is 76.7 cm³/mol. The number of amides is 1. The van der Waals surface area contributed by atoms with E-state index in [1.165, 1.54) is 12.0 Å². The van der Waals surface area contributed by atoms with E-state index >= 15 is 0 Å². The maximum atomic E-state index is 12.4. The molecule has 0 aromatic rings. The van der Waals surface area contributed by atoms with Crippen LogP contribution < -0.4 is 0 Å². The Hall–Kier alpha value is -1.32. The van der Waals surface area contributed by atoms with Gasteiger partial charge in [0.2, 0.25) is 5.91 Å². The minimum atomic E-state index is -0.564. The van der Waals surface area contributed by atoms with E-state index in [0.717, 1.165) is 25.7 Å². The van der Waals surface area contributed by atoms with E-state index in [1.807, 2.05) is 6.92 Å². The van der Waals surface area contributed by atoms with Crippen LogP contribution in [0.1, 0.15) is 46.0 Å². The molecular weight excluding hydrogens is 242 g/mol. The van der Waals surface area contributed by atoms with Crippen LogP contribution in [0.5, 0.6) is 0 Å². The molecule has 2 atom stereocenters. The second kappa shape index (κ2) is 9.59. The number of ether oxygens (including phenoxy) is 1. The summed E-state index contributed by atoms with van der Waals surface area (Å²) >= 11 is 0. The van der Waals surface area contributed by atoms with E-state index < -0.39 is 6.04 Å². The smallest absolute Gasteiger partial charge is 0.328 e. The number of nitrogens with zero attached hydrogens (tertiary/aromatic N) is 1. The Kier molecular flexibility index (Phi) is 8.92. The maximum absolute atomic E-state index is 12.4. The molecule has 0 spiro atoms. The Morgan fingerprint density at radius 2 is 2.00 bits per heavy atom. The van der Waals surface area contributed by atoms with Gasteiger partial charge in [0, 0.05) is 13.0 Å². The zero-order valence-electron chi connectivity index (χ0n) is 12.6. The molecule has 19 heavy (non-hydrogen) atoms. The van der Waals surface area contributed by atoms with Crippen molar-refractivity contribution in [1.82, 2.24) is 4.90 Å². The van der Waals surface area contributed by atoms with E-state index in [9.17, 15) is 9.59 Å². The number of carbonyl (C=O) groups excluding carboxylic acids is 2. The van der Waals surface area contributed by atoms with Crippen molar-refractivity contribution in [3.05, 3.63) is 12.7 Å². The quantitative estimate of drug-likeness (QED) is 0.477.